The molecule has 0 fully saturated rings. The molecule has 0 unspecified atom stereocenters. The third kappa shape index (κ3) is 4.94. The molecule has 0 aromatic carbocycles. The summed E-state index contributed by atoms with van der Waals surface area (Å²) in [6, 6.07) is 26.0. The number of pyridine rings is 5. The van der Waals surface area contributed by atoms with Crippen molar-refractivity contribution in [1.29, 1.82) is 0 Å². The maximum atomic E-state index is 12.7. The van der Waals surface area contributed by atoms with Gasteiger partial charge in [-0.3, -0.25) is 9.97 Å². The molecule has 5 aromatic rings. The van der Waals surface area contributed by atoms with Crippen LogP contribution in [0.4, 0.5) is 0 Å². The van der Waals surface area contributed by atoms with Crippen LogP contribution in [0.5, 0.6) is 0 Å². The predicted molar refractivity (Wildman–Crippen MR) is 133 cm³/mol. The van der Waals surface area contributed by atoms with Gasteiger partial charge in [0.2, 0.25) is 0 Å². The molecule has 0 aliphatic rings. The van der Waals surface area contributed by atoms with Gasteiger partial charge in [0.25, 0.3) is 0 Å². The zero-order valence-electron chi connectivity index (χ0n) is 19.0. The fourth-order valence-electron chi connectivity index (χ4n) is 3.59. The minimum atomic E-state index is -0.431. The molecule has 0 bridgehead atoms. The van der Waals surface area contributed by atoms with E-state index in [2.05, 4.69) is 9.97 Å². The maximum Gasteiger partial charge on any atom is 0.338 e. The van der Waals surface area contributed by atoms with E-state index in [9.17, 15) is 4.79 Å². The SMILES string of the molecule is CCOC(=O)c1cc(-c2cccc(-c3ccccn3)n2)nc(-c2cccc(-c3ccccn3)n2)c1. The number of ether oxygens (including phenoxy) is 1. The summed E-state index contributed by atoms with van der Waals surface area (Å²) in [5.74, 6) is -0.431. The average molecular weight is 460 g/mol. The van der Waals surface area contributed by atoms with E-state index in [4.69, 9.17) is 19.7 Å². The molecule has 170 valence electrons. The molecule has 0 saturated carbocycles. The number of aromatic nitrogens is 5. The van der Waals surface area contributed by atoms with Gasteiger partial charge in [-0.1, -0.05) is 24.3 Å². The minimum absolute atomic E-state index is 0.270. The molecule has 5 rings (SSSR count). The van der Waals surface area contributed by atoms with Crippen molar-refractivity contribution >= 4 is 5.97 Å². The van der Waals surface area contributed by atoms with Crippen LogP contribution in [0.1, 0.15) is 17.3 Å². The van der Waals surface area contributed by atoms with E-state index >= 15 is 0 Å². The number of carbonyl (C=O) groups is 1. The molecule has 0 radical (unpaired) electrons. The molecule has 0 spiro atoms. The van der Waals surface area contributed by atoms with Gasteiger partial charge in [0.05, 0.1) is 57.7 Å². The lowest BCUT2D eigenvalue weighted by atomic mass is 10.1. The summed E-state index contributed by atoms with van der Waals surface area (Å²) in [5.41, 5.74) is 5.60. The lowest BCUT2D eigenvalue weighted by Gasteiger charge is -2.10. The number of carbonyl (C=O) groups excluding carboxylic acids is 1. The number of esters is 1. The number of nitrogens with zero attached hydrogens (tertiary/aromatic N) is 5. The zero-order valence-corrected chi connectivity index (χ0v) is 19.0. The van der Waals surface area contributed by atoms with Crippen LogP contribution in [-0.4, -0.2) is 37.5 Å². The van der Waals surface area contributed by atoms with Crippen molar-refractivity contribution in [3.63, 3.8) is 0 Å². The Morgan fingerprint density at radius 3 is 1.46 bits per heavy atom. The standard InChI is InChI=1S/C28H21N5O2/c1-2-35-28(34)19-17-26(24-13-7-11-22(31-24)20-9-3-5-15-29-20)33-27(18-19)25-14-8-12-23(32-25)21-10-4-6-16-30-21/h3-18H,2H2,1H3. The summed E-state index contributed by atoms with van der Waals surface area (Å²) < 4.78 is 5.27. The van der Waals surface area contributed by atoms with Gasteiger partial charge in [-0.2, -0.15) is 0 Å². The Kier molecular flexibility index (Phi) is 6.30. The van der Waals surface area contributed by atoms with Gasteiger partial charge in [0.15, 0.2) is 0 Å². The smallest absolute Gasteiger partial charge is 0.338 e. The van der Waals surface area contributed by atoms with Crippen molar-refractivity contribution < 1.29 is 9.53 Å². The van der Waals surface area contributed by atoms with E-state index in [1.807, 2.05) is 72.8 Å². The van der Waals surface area contributed by atoms with Crippen molar-refractivity contribution in [2.45, 2.75) is 6.92 Å². The van der Waals surface area contributed by atoms with Gasteiger partial charge in [0.1, 0.15) is 0 Å². The molecular weight excluding hydrogens is 438 g/mol. The first-order chi connectivity index (χ1) is 17.2. The highest BCUT2D eigenvalue weighted by Gasteiger charge is 2.16. The summed E-state index contributed by atoms with van der Waals surface area (Å²) in [4.78, 5) is 35.8. The lowest BCUT2D eigenvalue weighted by molar-refractivity contribution is 0.0526. The number of rotatable bonds is 6. The van der Waals surface area contributed by atoms with E-state index in [1.54, 1.807) is 31.5 Å². The van der Waals surface area contributed by atoms with E-state index in [0.29, 0.717) is 39.7 Å². The largest absolute Gasteiger partial charge is 0.462 e. The fraction of sp³-hybridized carbons (Fsp3) is 0.0714. The molecule has 35 heavy (non-hydrogen) atoms. The van der Waals surface area contributed by atoms with E-state index in [-0.39, 0.29) is 6.61 Å². The van der Waals surface area contributed by atoms with E-state index in [1.165, 1.54) is 0 Å². The van der Waals surface area contributed by atoms with Crippen LogP contribution >= 0.6 is 0 Å². The third-order valence-corrected chi connectivity index (χ3v) is 5.21. The van der Waals surface area contributed by atoms with E-state index < -0.39 is 5.97 Å². The van der Waals surface area contributed by atoms with Gasteiger partial charge in [-0.15, -0.1) is 0 Å². The Bertz CT molecular complexity index is 1370. The van der Waals surface area contributed by atoms with Crippen LogP contribution < -0.4 is 0 Å². The quantitative estimate of drug-likeness (QED) is 0.309. The molecule has 7 heteroatoms. The maximum absolute atomic E-state index is 12.7. The Hall–Kier alpha value is -4.78. The second kappa shape index (κ2) is 10.0. The summed E-state index contributed by atoms with van der Waals surface area (Å²) in [7, 11) is 0. The molecule has 0 N–H and O–H groups in total. The molecule has 0 aliphatic heterocycles. The van der Waals surface area contributed by atoms with Crippen molar-refractivity contribution in [3.8, 4) is 45.6 Å². The average Bonchev–Trinajstić information content (AvgIpc) is 2.94. The molecule has 0 saturated heterocycles. The first-order valence-electron chi connectivity index (χ1n) is 11.2. The monoisotopic (exact) mass is 459 g/mol. The van der Waals surface area contributed by atoms with Crippen molar-refractivity contribution in [1.82, 2.24) is 24.9 Å². The molecule has 7 nitrogen and oxygen atoms in total. The lowest BCUT2D eigenvalue weighted by Crippen LogP contribution is -2.06. The first-order valence-corrected chi connectivity index (χ1v) is 11.2. The van der Waals surface area contributed by atoms with Crippen LogP contribution in [0.2, 0.25) is 0 Å². The third-order valence-electron chi connectivity index (χ3n) is 5.21. The van der Waals surface area contributed by atoms with Gasteiger partial charge >= 0.3 is 5.97 Å². The van der Waals surface area contributed by atoms with Crippen LogP contribution in [0, 0.1) is 0 Å². The Morgan fingerprint density at radius 2 is 1.03 bits per heavy atom. The van der Waals surface area contributed by atoms with Crippen molar-refractivity contribution in [3.05, 3.63) is 103 Å². The summed E-state index contributed by atoms with van der Waals surface area (Å²) in [5, 5.41) is 0. The van der Waals surface area contributed by atoms with Crippen molar-refractivity contribution in [2.75, 3.05) is 6.61 Å². The molecular formula is C28H21N5O2. The molecule has 0 aliphatic carbocycles. The van der Waals surface area contributed by atoms with Crippen LogP contribution in [0.3, 0.4) is 0 Å². The van der Waals surface area contributed by atoms with Crippen LogP contribution in [-0.2, 0) is 4.74 Å². The molecule has 5 heterocycles. The molecule has 5 aromatic heterocycles. The van der Waals surface area contributed by atoms with Crippen LogP contribution in [0.15, 0.2) is 97.3 Å². The molecule has 0 atom stereocenters. The van der Waals surface area contributed by atoms with Crippen molar-refractivity contribution in [2.24, 2.45) is 0 Å². The predicted octanol–water partition coefficient (Wildman–Crippen LogP) is 5.51. The second-order valence-electron chi connectivity index (χ2n) is 7.59. The first kappa shape index (κ1) is 22.0. The highest BCUT2D eigenvalue weighted by Crippen LogP contribution is 2.26. The Morgan fingerprint density at radius 1 is 0.600 bits per heavy atom. The fourth-order valence-corrected chi connectivity index (χ4v) is 3.59. The topological polar surface area (TPSA) is 90.8 Å². The number of hydrogen-bond donors (Lipinski definition) is 0. The summed E-state index contributed by atoms with van der Waals surface area (Å²) in [6.07, 6.45) is 3.45. The Balaban J connectivity index is 1.62. The minimum Gasteiger partial charge on any atom is -0.462 e. The highest BCUT2D eigenvalue weighted by molar-refractivity contribution is 5.92. The van der Waals surface area contributed by atoms with Gasteiger partial charge < -0.3 is 4.74 Å². The van der Waals surface area contributed by atoms with Gasteiger partial charge in [-0.05, 0) is 67.6 Å². The second-order valence-corrected chi connectivity index (χ2v) is 7.59. The number of hydrogen-bond acceptors (Lipinski definition) is 7. The normalized spacial score (nSPS) is 10.7. The van der Waals surface area contributed by atoms with Gasteiger partial charge in [-0.25, -0.2) is 19.7 Å². The van der Waals surface area contributed by atoms with Gasteiger partial charge in [0, 0.05) is 12.4 Å². The summed E-state index contributed by atoms with van der Waals surface area (Å²) >= 11 is 0. The zero-order chi connectivity index (χ0) is 24.0. The summed E-state index contributed by atoms with van der Waals surface area (Å²) in [6.45, 7) is 2.04. The van der Waals surface area contributed by atoms with Crippen LogP contribution in [0.25, 0.3) is 45.6 Å². The van der Waals surface area contributed by atoms with E-state index in [0.717, 1.165) is 11.4 Å². The Labute approximate surface area is 202 Å². The molecule has 0 amide bonds. The highest BCUT2D eigenvalue weighted by atomic mass is 16.5.